The van der Waals surface area contributed by atoms with E-state index in [1.165, 1.54) is 43.3 Å². The molecule has 0 aliphatic heterocycles. The molecule has 0 spiro atoms. The molecule has 25 heavy (non-hydrogen) atoms. The van der Waals surface area contributed by atoms with E-state index >= 15 is 0 Å². The minimum Gasteiger partial charge on any atom is -0.483 e. The maximum atomic E-state index is 12.8. The van der Waals surface area contributed by atoms with Crippen LogP contribution in [0.5, 0.6) is 5.75 Å². The number of alkyl halides is 3. The monoisotopic (exact) mass is 353 g/mol. The van der Waals surface area contributed by atoms with E-state index in [4.69, 9.17) is 4.74 Å². The van der Waals surface area contributed by atoms with Gasteiger partial charge in [-0.25, -0.2) is 0 Å². The number of carbonyl (C=O) groups excluding carboxylic acids is 2. The summed E-state index contributed by atoms with van der Waals surface area (Å²) < 4.78 is 43.4. The largest absolute Gasteiger partial charge is 0.483 e. The number of hydrogen-bond donors (Lipinski definition) is 1. The highest BCUT2D eigenvalue weighted by atomic mass is 19.4. The van der Waals surface area contributed by atoms with E-state index < -0.39 is 30.0 Å². The Kier molecular flexibility index (Phi) is 6.73. The lowest BCUT2D eigenvalue weighted by Gasteiger charge is -2.13. The highest BCUT2D eigenvalue weighted by Crippen LogP contribution is 2.35. The van der Waals surface area contributed by atoms with Gasteiger partial charge in [0, 0.05) is 11.3 Å². The highest BCUT2D eigenvalue weighted by Gasteiger charge is 2.34. The average molecular weight is 353 g/mol. The molecular weight excluding hydrogens is 335 g/mol. The Morgan fingerprint density at radius 3 is 2.20 bits per heavy atom. The SMILES string of the molecule is C.CC(=O)c1ccc(NC(=O)COc2ccccc2C(F)(F)F)cc1. The first-order valence-corrected chi connectivity index (χ1v) is 6.97. The molecule has 2 aromatic rings. The van der Waals surface area contributed by atoms with Crippen molar-refractivity contribution in [1.29, 1.82) is 0 Å². The number of nitrogens with one attached hydrogen (secondary N) is 1. The van der Waals surface area contributed by atoms with Gasteiger partial charge in [-0.2, -0.15) is 13.2 Å². The van der Waals surface area contributed by atoms with Crippen LogP contribution in [0.4, 0.5) is 18.9 Å². The average Bonchev–Trinajstić information content (AvgIpc) is 2.53. The van der Waals surface area contributed by atoms with Crippen molar-refractivity contribution in [3.8, 4) is 5.75 Å². The quantitative estimate of drug-likeness (QED) is 0.802. The summed E-state index contributed by atoms with van der Waals surface area (Å²) in [6, 6.07) is 10.8. The van der Waals surface area contributed by atoms with Gasteiger partial charge in [0.05, 0.1) is 5.56 Å². The van der Waals surface area contributed by atoms with Gasteiger partial charge >= 0.3 is 6.18 Å². The summed E-state index contributed by atoms with van der Waals surface area (Å²) in [5.41, 5.74) is -0.0373. The van der Waals surface area contributed by atoms with E-state index in [-0.39, 0.29) is 13.2 Å². The second-order valence-electron chi connectivity index (χ2n) is 4.96. The Hall–Kier alpha value is -2.83. The number of Topliss-reactive ketones (excluding diaryl/α,β-unsaturated/α-hetero) is 1. The van der Waals surface area contributed by atoms with Gasteiger partial charge < -0.3 is 10.1 Å². The maximum Gasteiger partial charge on any atom is 0.419 e. The molecule has 2 aromatic carbocycles. The first-order valence-electron chi connectivity index (χ1n) is 6.97. The molecule has 1 amide bonds. The molecular formula is C18H18F3NO3. The summed E-state index contributed by atoms with van der Waals surface area (Å²) in [5, 5.41) is 2.48. The van der Waals surface area contributed by atoms with Gasteiger partial charge in [0.15, 0.2) is 12.4 Å². The number of ketones is 1. The number of hydrogen-bond acceptors (Lipinski definition) is 3. The molecule has 134 valence electrons. The highest BCUT2D eigenvalue weighted by molar-refractivity contribution is 5.95. The van der Waals surface area contributed by atoms with Gasteiger partial charge in [-0.05, 0) is 43.3 Å². The topological polar surface area (TPSA) is 55.4 Å². The summed E-state index contributed by atoms with van der Waals surface area (Å²) in [6.07, 6.45) is -4.56. The Bertz CT molecular complexity index is 740. The lowest BCUT2D eigenvalue weighted by Crippen LogP contribution is -2.21. The Morgan fingerprint density at radius 2 is 1.64 bits per heavy atom. The van der Waals surface area contributed by atoms with Crippen molar-refractivity contribution in [3.63, 3.8) is 0 Å². The van der Waals surface area contributed by atoms with Crippen molar-refractivity contribution in [2.75, 3.05) is 11.9 Å². The van der Waals surface area contributed by atoms with Crippen LogP contribution in [0.25, 0.3) is 0 Å². The summed E-state index contributed by atoms with van der Waals surface area (Å²) in [5.74, 6) is -1.13. The molecule has 0 saturated carbocycles. The number of halogens is 3. The Morgan fingerprint density at radius 1 is 1.04 bits per heavy atom. The standard InChI is InChI=1S/C17H14F3NO3.CH4/c1-11(22)12-6-8-13(9-7-12)21-16(23)10-24-15-5-3-2-4-14(15)17(18,19)20;/h2-9H,10H2,1H3,(H,21,23);1H4. The van der Waals surface area contributed by atoms with Crippen LogP contribution in [-0.2, 0) is 11.0 Å². The van der Waals surface area contributed by atoms with Gasteiger partial charge in [0.2, 0.25) is 0 Å². The van der Waals surface area contributed by atoms with Crippen molar-refractivity contribution < 1.29 is 27.5 Å². The number of amides is 1. The van der Waals surface area contributed by atoms with Gasteiger partial charge in [-0.3, -0.25) is 9.59 Å². The molecule has 0 bridgehead atoms. The van der Waals surface area contributed by atoms with Crippen LogP contribution in [0.15, 0.2) is 48.5 Å². The first kappa shape index (κ1) is 20.2. The Balaban J connectivity index is 0.00000312. The molecule has 0 aromatic heterocycles. The fraction of sp³-hybridized carbons (Fsp3) is 0.222. The van der Waals surface area contributed by atoms with Crippen LogP contribution in [0.1, 0.15) is 30.3 Å². The molecule has 0 radical (unpaired) electrons. The van der Waals surface area contributed by atoms with Crippen LogP contribution >= 0.6 is 0 Å². The smallest absolute Gasteiger partial charge is 0.419 e. The van der Waals surface area contributed by atoms with Crippen LogP contribution in [-0.4, -0.2) is 18.3 Å². The molecule has 4 nitrogen and oxygen atoms in total. The third-order valence-electron chi connectivity index (χ3n) is 3.13. The number of ether oxygens (including phenoxy) is 1. The summed E-state index contributed by atoms with van der Waals surface area (Å²) in [4.78, 5) is 22.9. The van der Waals surface area contributed by atoms with Gasteiger partial charge in [0.1, 0.15) is 5.75 Å². The van der Waals surface area contributed by atoms with Crippen molar-refractivity contribution in [1.82, 2.24) is 0 Å². The van der Waals surface area contributed by atoms with E-state index in [2.05, 4.69) is 5.32 Å². The second kappa shape index (κ2) is 8.32. The minimum absolute atomic E-state index is 0. The van der Waals surface area contributed by atoms with Gasteiger partial charge in [0.25, 0.3) is 5.91 Å². The summed E-state index contributed by atoms with van der Waals surface area (Å²) in [7, 11) is 0. The number of carbonyl (C=O) groups is 2. The Labute approximate surface area is 143 Å². The number of rotatable bonds is 5. The van der Waals surface area contributed by atoms with E-state index in [0.717, 1.165) is 12.1 Å². The molecule has 0 saturated heterocycles. The van der Waals surface area contributed by atoms with Crippen LogP contribution in [0.2, 0.25) is 0 Å². The predicted octanol–water partition coefficient (Wildman–Crippen LogP) is 4.56. The molecule has 0 fully saturated rings. The van der Waals surface area contributed by atoms with Crippen molar-refractivity contribution in [2.45, 2.75) is 20.5 Å². The van der Waals surface area contributed by atoms with Crippen LogP contribution in [0, 0.1) is 0 Å². The molecule has 0 aliphatic carbocycles. The third-order valence-corrected chi connectivity index (χ3v) is 3.13. The van der Waals surface area contributed by atoms with E-state index in [1.807, 2.05) is 0 Å². The van der Waals surface area contributed by atoms with Gasteiger partial charge in [-0.1, -0.05) is 19.6 Å². The number of anilines is 1. The number of para-hydroxylation sites is 1. The molecule has 0 aliphatic rings. The molecule has 0 heterocycles. The van der Waals surface area contributed by atoms with E-state index in [9.17, 15) is 22.8 Å². The zero-order chi connectivity index (χ0) is 17.7. The fourth-order valence-electron chi connectivity index (χ4n) is 1.96. The molecule has 1 N–H and O–H groups in total. The molecule has 0 unspecified atom stereocenters. The summed E-state index contributed by atoms with van der Waals surface area (Å²) >= 11 is 0. The third kappa shape index (κ3) is 5.63. The molecule has 0 atom stereocenters. The van der Waals surface area contributed by atoms with Crippen molar-refractivity contribution >= 4 is 17.4 Å². The lowest BCUT2D eigenvalue weighted by molar-refractivity contribution is -0.139. The van der Waals surface area contributed by atoms with Gasteiger partial charge in [-0.15, -0.1) is 0 Å². The van der Waals surface area contributed by atoms with E-state index in [1.54, 1.807) is 0 Å². The van der Waals surface area contributed by atoms with E-state index in [0.29, 0.717) is 11.3 Å². The zero-order valence-corrected chi connectivity index (χ0v) is 12.7. The maximum absolute atomic E-state index is 12.8. The first-order chi connectivity index (χ1) is 11.3. The fourth-order valence-corrected chi connectivity index (χ4v) is 1.96. The molecule has 7 heteroatoms. The second-order valence-corrected chi connectivity index (χ2v) is 4.96. The van der Waals surface area contributed by atoms with Crippen molar-refractivity contribution in [3.05, 3.63) is 59.7 Å². The minimum atomic E-state index is -4.56. The number of benzene rings is 2. The molecule has 2 rings (SSSR count). The van der Waals surface area contributed by atoms with Crippen LogP contribution < -0.4 is 10.1 Å². The normalized spacial score (nSPS) is 10.6. The predicted molar refractivity (Wildman–Crippen MR) is 88.7 cm³/mol. The van der Waals surface area contributed by atoms with Crippen LogP contribution in [0.3, 0.4) is 0 Å². The van der Waals surface area contributed by atoms with Crippen molar-refractivity contribution in [2.24, 2.45) is 0 Å². The zero-order valence-electron chi connectivity index (χ0n) is 12.7. The lowest BCUT2D eigenvalue weighted by atomic mass is 10.1. The summed E-state index contributed by atoms with van der Waals surface area (Å²) in [6.45, 7) is 0.848.